The molecule has 15 heteroatoms. The number of carbonyl (C=O) groups excluding carboxylic acids is 3. The number of benzene rings is 6. The number of hydrogen-bond donors (Lipinski definition) is 4. The highest BCUT2D eigenvalue weighted by atomic mass is 32.2. The number of nitrogens with one attached hydrogen (secondary N) is 3. The number of ether oxygens (including phenoxy) is 2. The van der Waals surface area contributed by atoms with E-state index in [1.165, 1.54) is 57.1 Å². The average molecular weight is 1030 g/mol. The summed E-state index contributed by atoms with van der Waals surface area (Å²) in [5.74, 6) is 4.69. The van der Waals surface area contributed by atoms with Gasteiger partial charge >= 0.3 is 0 Å². The van der Waals surface area contributed by atoms with E-state index in [0.29, 0.717) is 52.8 Å². The van der Waals surface area contributed by atoms with Crippen molar-refractivity contribution in [2.75, 3.05) is 10.6 Å². The second kappa shape index (κ2) is 33.1. The monoisotopic (exact) mass is 1030 g/mol. The van der Waals surface area contributed by atoms with Gasteiger partial charge in [-0.3, -0.25) is 14.4 Å². The quantitative estimate of drug-likeness (QED) is 0.0111. The van der Waals surface area contributed by atoms with Crippen LogP contribution in [0.3, 0.4) is 0 Å². The minimum Gasteiger partial charge on any atom is -0.489 e. The van der Waals surface area contributed by atoms with Gasteiger partial charge in [0, 0.05) is 17.5 Å². The fourth-order valence-electron chi connectivity index (χ4n) is 7.44. The molecule has 0 aliphatic carbocycles. The van der Waals surface area contributed by atoms with Crippen LogP contribution < -0.4 is 30.7 Å². The fourth-order valence-corrected chi connectivity index (χ4v) is 9.07. The molecule has 13 nitrogen and oxygen atoms in total. The number of rotatable bonds is 30. The van der Waals surface area contributed by atoms with Crippen LogP contribution in [0.4, 0.5) is 11.4 Å². The zero-order valence-corrected chi connectivity index (χ0v) is 43.2. The molecule has 0 aliphatic heterocycles. The van der Waals surface area contributed by atoms with Crippen molar-refractivity contribution in [2.45, 2.75) is 120 Å². The lowest BCUT2D eigenvalue weighted by Gasteiger charge is -2.13. The smallest absolute Gasteiger partial charge is 0.266 e. The van der Waals surface area contributed by atoms with Gasteiger partial charge in [0.1, 0.15) is 29.6 Å². The van der Waals surface area contributed by atoms with Gasteiger partial charge in [-0.25, -0.2) is 13.1 Å². The number of anilines is 2. The Labute approximate surface area is 435 Å². The molecule has 0 heterocycles. The van der Waals surface area contributed by atoms with Gasteiger partial charge in [0.25, 0.3) is 21.8 Å². The Kier molecular flexibility index (Phi) is 25.9. The Bertz CT molecular complexity index is 2720. The highest BCUT2D eigenvalue weighted by molar-refractivity contribution is 7.94. The van der Waals surface area contributed by atoms with Crippen LogP contribution in [-0.2, 0) is 37.4 Å². The van der Waals surface area contributed by atoms with Crippen LogP contribution in [0.1, 0.15) is 129 Å². The maximum absolute atomic E-state index is 13.1. The Morgan fingerprint density at radius 2 is 1.03 bits per heavy atom. The molecule has 0 radical (unpaired) electrons. The number of amides is 3. The zero-order chi connectivity index (χ0) is 51.8. The van der Waals surface area contributed by atoms with E-state index in [1.807, 2.05) is 78.9 Å². The summed E-state index contributed by atoms with van der Waals surface area (Å²) >= 11 is 0.906. The van der Waals surface area contributed by atoms with Crippen molar-refractivity contribution in [3.05, 3.63) is 192 Å². The summed E-state index contributed by atoms with van der Waals surface area (Å²) in [5, 5.41) is 5.52. The molecular weight excluding hydrogens is 961 g/mol. The first-order valence-electron chi connectivity index (χ1n) is 24.9. The highest BCUT2D eigenvalue weighted by Gasteiger charge is 2.22. The van der Waals surface area contributed by atoms with Gasteiger partial charge in [0.15, 0.2) is 0 Å². The van der Waals surface area contributed by atoms with Gasteiger partial charge in [-0.2, -0.15) is 5.90 Å². The van der Waals surface area contributed by atoms with E-state index in [2.05, 4.69) is 43.8 Å². The standard InChI is InChI=1S/C38H50N2O5S.C20H18N2O4S/c1-2-3-4-5-6-7-8-9-10-11-12-13-14-15-19-29-37(41)40-46(43,44)36-28-21-20-27-35(36)39-38(42)33-25-22-26-34(30-33)45-31-32-23-17-16-18-24-32;21-25-26-27-19-12-5-4-11-18(19)22-20(23)16-9-6-10-17(13-16)24-14-15-7-2-1-3-8-15/h9-10,16-18,20-28,30H,2-8,11-15,19,29,31H2,1H3,(H,39,42)(H,40,41);1-13H,14,21H2,(H,22,23)/b10-9-;. The molecule has 0 bridgehead atoms. The highest BCUT2D eigenvalue weighted by Crippen LogP contribution is 2.29. The van der Waals surface area contributed by atoms with Crippen molar-refractivity contribution < 1.29 is 41.6 Å². The molecule has 0 aliphatic rings. The summed E-state index contributed by atoms with van der Waals surface area (Å²) in [5.41, 5.74) is 3.52. The molecule has 6 rings (SSSR count). The minimum absolute atomic E-state index is 0.0874. The van der Waals surface area contributed by atoms with Gasteiger partial charge in [0.05, 0.1) is 28.3 Å². The normalized spacial score (nSPS) is 11.0. The molecule has 0 aromatic heterocycles. The van der Waals surface area contributed by atoms with Gasteiger partial charge in [-0.05, 0) is 104 Å². The van der Waals surface area contributed by atoms with Gasteiger partial charge in [-0.15, -0.1) is 9.32 Å². The Morgan fingerprint density at radius 1 is 0.548 bits per heavy atom. The Balaban J connectivity index is 0.000000309. The number of hydrogen-bond acceptors (Lipinski definition) is 11. The first-order valence-corrected chi connectivity index (χ1v) is 27.1. The number of carbonyl (C=O) groups is 3. The summed E-state index contributed by atoms with van der Waals surface area (Å²) in [6.45, 7) is 3.02. The third kappa shape index (κ3) is 21.9. The van der Waals surface area contributed by atoms with Gasteiger partial charge in [0.2, 0.25) is 5.91 Å². The van der Waals surface area contributed by atoms with Crippen LogP contribution in [0.25, 0.3) is 0 Å². The van der Waals surface area contributed by atoms with E-state index in [9.17, 15) is 22.8 Å². The third-order valence-corrected chi connectivity index (χ3v) is 13.4. The molecule has 0 unspecified atom stereocenters. The van der Waals surface area contributed by atoms with Crippen molar-refractivity contribution >= 4 is 51.2 Å². The van der Waals surface area contributed by atoms with Crippen molar-refractivity contribution in [1.82, 2.24) is 4.72 Å². The number of para-hydroxylation sites is 2. The van der Waals surface area contributed by atoms with Crippen LogP contribution in [0.15, 0.2) is 180 Å². The van der Waals surface area contributed by atoms with Gasteiger partial charge < -0.3 is 20.1 Å². The molecule has 0 spiro atoms. The molecule has 0 saturated carbocycles. The second-order valence-corrected chi connectivity index (χ2v) is 19.5. The number of sulfonamides is 1. The van der Waals surface area contributed by atoms with E-state index < -0.39 is 21.8 Å². The van der Waals surface area contributed by atoms with Crippen LogP contribution in [0.5, 0.6) is 11.5 Å². The van der Waals surface area contributed by atoms with Crippen LogP contribution in [-0.4, -0.2) is 26.1 Å². The third-order valence-electron chi connectivity index (χ3n) is 11.3. The largest absolute Gasteiger partial charge is 0.489 e. The molecule has 3 amide bonds. The molecule has 6 aromatic carbocycles. The number of unbranched alkanes of at least 4 members (excludes halogenated alkanes) is 11. The molecule has 0 atom stereocenters. The minimum atomic E-state index is -4.18. The average Bonchev–Trinajstić information content (AvgIpc) is 3.41. The van der Waals surface area contributed by atoms with Crippen molar-refractivity contribution in [3.8, 4) is 11.5 Å². The summed E-state index contributed by atoms with van der Waals surface area (Å²) < 4.78 is 44.6. The number of allylic oxidation sites excluding steroid dienone is 2. The van der Waals surface area contributed by atoms with E-state index in [0.717, 1.165) is 55.3 Å². The summed E-state index contributed by atoms with van der Waals surface area (Å²) in [7, 11) is -4.18. The first kappa shape index (κ1) is 57.2. The first-order chi connectivity index (χ1) is 35.6. The topological polar surface area (TPSA) is 184 Å². The summed E-state index contributed by atoms with van der Waals surface area (Å²) in [6, 6.07) is 46.4. The lowest BCUT2D eigenvalue weighted by atomic mass is 10.1. The van der Waals surface area contributed by atoms with Crippen molar-refractivity contribution in [1.29, 1.82) is 0 Å². The molecule has 73 heavy (non-hydrogen) atoms. The van der Waals surface area contributed by atoms with Crippen LogP contribution in [0, 0.1) is 0 Å². The van der Waals surface area contributed by atoms with E-state index >= 15 is 0 Å². The molecule has 5 N–H and O–H groups in total. The van der Waals surface area contributed by atoms with E-state index in [1.54, 1.807) is 66.7 Å². The molecule has 0 fully saturated rings. The summed E-state index contributed by atoms with van der Waals surface area (Å²) in [4.78, 5) is 42.8. The number of nitrogens with two attached hydrogens (primary N) is 1. The fraction of sp³-hybridized carbons (Fsp3) is 0.293. The SMILES string of the molecule is CCCCCCCC/C=C\CCCCCCCC(=O)NS(=O)(=O)c1ccccc1NC(=O)c1cccc(OCc2ccccc2)c1.NOOSc1ccccc1NC(=O)c1cccc(OCc2ccccc2)c1. The van der Waals surface area contributed by atoms with Gasteiger partial charge in [-0.1, -0.05) is 168 Å². The Hall–Kier alpha value is -6.75. The molecule has 0 saturated heterocycles. The molecule has 386 valence electrons. The van der Waals surface area contributed by atoms with Crippen molar-refractivity contribution in [2.24, 2.45) is 5.90 Å². The molecular formula is C58H68N4O9S2. The van der Waals surface area contributed by atoms with Crippen molar-refractivity contribution in [3.63, 3.8) is 0 Å². The predicted molar refractivity (Wildman–Crippen MR) is 290 cm³/mol. The van der Waals surface area contributed by atoms with Crippen LogP contribution >= 0.6 is 12.0 Å². The van der Waals surface area contributed by atoms with Crippen LogP contribution in [0.2, 0.25) is 0 Å². The zero-order valence-electron chi connectivity index (χ0n) is 41.5. The lowest BCUT2D eigenvalue weighted by molar-refractivity contribution is -0.195. The second-order valence-electron chi connectivity index (χ2n) is 17.1. The maximum atomic E-state index is 13.1. The van der Waals surface area contributed by atoms with E-state index in [4.69, 9.17) is 15.4 Å². The Morgan fingerprint density at radius 3 is 1.59 bits per heavy atom. The predicted octanol–water partition coefficient (Wildman–Crippen LogP) is 13.7. The van der Waals surface area contributed by atoms with E-state index in [-0.39, 0.29) is 22.9 Å². The summed E-state index contributed by atoms with van der Waals surface area (Å²) in [6.07, 6.45) is 19.6. The molecule has 6 aromatic rings. The lowest BCUT2D eigenvalue weighted by Crippen LogP contribution is -2.31. The maximum Gasteiger partial charge on any atom is 0.266 e.